The van der Waals surface area contributed by atoms with Crippen molar-refractivity contribution in [3.05, 3.63) is 45.6 Å². The maximum absolute atomic E-state index is 13.2. The summed E-state index contributed by atoms with van der Waals surface area (Å²) in [5.41, 5.74) is 0.379. The Morgan fingerprint density at radius 3 is 2.12 bits per heavy atom. The van der Waals surface area contributed by atoms with Crippen LogP contribution in [0.5, 0.6) is 0 Å². The Morgan fingerprint density at radius 1 is 1.04 bits per heavy atom. The number of hydrogen-bond donors (Lipinski definition) is 1. The average molecular weight is 483 g/mol. The van der Waals surface area contributed by atoms with E-state index in [-0.39, 0.29) is 29.0 Å². The van der Waals surface area contributed by atoms with Crippen molar-refractivity contribution >= 4 is 28.5 Å². The van der Waals surface area contributed by atoms with Crippen molar-refractivity contribution < 1.29 is 35.5 Å². The van der Waals surface area contributed by atoms with Gasteiger partial charge < -0.3 is 5.32 Å². The van der Waals surface area contributed by atoms with Gasteiger partial charge in [0.1, 0.15) is 0 Å². The molecule has 0 aliphatic carbocycles. The minimum atomic E-state index is -6.35. The number of hydrogen-bond acceptors (Lipinski definition) is 1. The fraction of sp³-hybridized carbons (Fsp3) is 0.400. The van der Waals surface area contributed by atoms with Gasteiger partial charge in [0.2, 0.25) is 0 Å². The van der Waals surface area contributed by atoms with Crippen molar-refractivity contribution in [1.29, 1.82) is 0 Å². The molecule has 0 aliphatic heterocycles. The van der Waals surface area contributed by atoms with Gasteiger partial charge in [0.05, 0.1) is 0 Å². The van der Waals surface area contributed by atoms with Gasteiger partial charge in [0.25, 0.3) is 5.91 Å². The van der Waals surface area contributed by atoms with E-state index in [4.69, 9.17) is 0 Å². The van der Waals surface area contributed by atoms with Gasteiger partial charge in [-0.15, -0.1) is 0 Å². The molecule has 1 N–H and O–H groups in total. The third-order valence-electron chi connectivity index (χ3n) is 3.03. The van der Waals surface area contributed by atoms with E-state index in [1.807, 2.05) is 0 Å². The van der Waals surface area contributed by atoms with Gasteiger partial charge in [-0.2, -0.15) is 30.7 Å². The number of alkyl halides is 7. The van der Waals surface area contributed by atoms with Gasteiger partial charge in [-0.05, 0) is 51.1 Å². The number of benzene rings is 1. The topological polar surface area (TPSA) is 29.1 Å². The lowest BCUT2D eigenvalue weighted by Crippen LogP contribution is -2.50. The predicted octanol–water partition coefficient (Wildman–Crippen LogP) is 5.35. The monoisotopic (exact) mass is 483 g/mol. The van der Waals surface area contributed by atoms with E-state index in [9.17, 15) is 35.5 Å². The molecule has 0 fully saturated rings. The van der Waals surface area contributed by atoms with Gasteiger partial charge in [0, 0.05) is 18.2 Å². The lowest BCUT2D eigenvalue weighted by atomic mass is 10.1. The molecule has 2 nitrogen and oxygen atoms in total. The van der Waals surface area contributed by atoms with Crippen LogP contribution < -0.4 is 5.32 Å². The molecule has 0 bridgehead atoms. The van der Waals surface area contributed by atoms with Crippen LogP contribution in [0.4, 0.5) is 30.7 Å². The lowest BCUT2D eigenvalue weighted by molar-refractivity contribution is -0.341. The molecule has 1 aromatic carbocycles. The second kappa shape index (κ2) is 8.37. The number of carbonyl (C=O) groups excluding carboxylic acids is 1. The zero-order valence-corrected chi connectivity index (χ0v) is 14.7. The molecule has 0 heterocycles. The molecule has 10 heteroatoms. The van der Waals surface area contributed by atoms with Crippen LogP contribution in [-0.4, -0.2) is 30.5 Å². The molecule has 0 atom stereocenters. The Hall–Kier alpha value is -1.33. The second-order valence-electron chi connectivity index (χ2n) is 5.01. The molecule has 0 spiro atoms. The summed E-state index contributed by atoms with van der Waals surface area (Å²) in [4.78, 5) is 11.7. The summed E-state index contributed by atoms with van der Waals surface area (Å²) in [5.74, 6) is -11.9. The maximum atomic E-state index is 13.2. The third kappa shape index (κ3) is 5.86. The molecule has 0 aliphatic rings. The molecule has 0 radical (unpaired) electrons. The van der Waals surface area contributed by atoms with Gasteiger partial charge in [-0.1, -0.05) is 18.2 Å². The minimum absolute atomic E-state index is 0.0509. The minimum Gasteiger partial charge on any atom is -0.352 e. The molecular weight excluding hydrogens is 470 g/mol. The van der Waals surface area contributed by atoms with Crippen molar-refractivity contribution in [1.82, 2.24) is 5.32 Å². The van der Waals surface area contributed by atoms with Crippen molar-refractivity contribution in [2.24, 2.45) is 0 Å². The molecule has 1 amide bonds. The van der Waals surface area contributed by atoms with E-state index >= 15 is 0 Å². The summed E-state index contributed by atoms with van der Waals surface area (Å²) in [6.45, 7) is 0.0509. The second-order valence-corrected chi connectivity index (χ2v) is 6.40. The number of halogens is 8. The fourth-order valence-electron chi connectivity index (χ4n) is 1.70. The highest BCUT2D eigenvalue weighted by molar-refractivity contribution is 14.1. The largest absolute Gasteiger partial charge is 0.460 e. The Labute approximate surface area is 152 Å². The van der Waals surface area contributed by atoms with E-state index < -0.39 is 23.9 Å². The first kappa shape index (κ1) is 21.7. The first-order valence-electron chi connectivity index (χ1n) is 6.91. The highest BCUT2D eigenvalue weighted by atomic mass is 127. The number of amides is 1. The molecule has 1 rings (SSSR count). The Kier molecular flexibility index (Phi) is 7.27. The molecule has 0 aromatic heterocycles. The van der Waals surface area contributed by atoms with Crippen LogP contribution in [0.1, 0.15) is 23.2 Å². The SMILES string of the molecule is O=C(NCCCC(I)=CC(F)(F)C(F)(F)C(F)(F)F)c1ccccc1. The zero-order valence-electron chi connectivity index (χ0n) is 12.5. The van der Waals surface area contributed by atoms with Gasteiger partial charge >= 0.3 is 18.0 Å². The third-order valence-corrected chi connectivity index (χ3v) is 3.88. The van der Waals surface area contributed by atoms with Gasteiger partial charge in [-0.3, -0.25) is 4.79 Å². The first-order chi connectivity index (χ1) is 11.4. The van der Waals surface area contributed by atoms with E-state index in [1.54, 1.807) is 30.3 Å². The maximum Gasteiger partial charge on any atom is 0.460 e. The average Bonchev–Trinajstić information content (AvgIpc) is 2.50. The Morgan fingerprint density at radius 2 is 1.60 bits per heavy atom. The molecule has 140 valence electrons. The van der Waals surface area contributed by atoms with Crippen LogP contribution in [0.3, 0.4) is 0 Å². The molecule has 1 aromatic rings. The van der Waals surface area contributed by atoms with Crippen LogP contribution in [0.2, 0.25) is 0 Å². The van der Waals surface area contributed by atoms with Crippen LogP contribution in [-0.2, 0) is 0 Å². The summed E-state index contributed by atoms with van der Waals surface area (Å²) in [6.07, 6.45) is -6.83. The summed E-state index contributed by atoms with van der Waals surface area (Å²) in [5, 5.41) is 2.49. The van der Waals surface area contributed by atoms with Gasteiger partial charge in [-0.25, -0.2) is 0 Å². The van der Waals surface area contributed by atoms with Crippen LogP contribution in [0, 0.1) is 0 Å². The first-order valence-corrected chi connectivity index (χ1v) is 7.99. The summed E-state index contributed by atoms with van der Waals surface area (Å²) in [7, 11) is 0. The molecule has 0 saturated carbocycles. The normalized spacial score (nSPS) is 13.7. The highest BCUT2D eigenvalue weighted by Gasteiger charge is 2.72. The van der Waals surface area contributed by atoms with Crippen LogP contribution >= 0.6 is 22.6 Å². The Bertz CT molecular complexity index is 614. The molecule has 0 unspecified atom stereocenters. The smallest absolute Gasteiger partial charge is 0.352 e. The highest BCUT2D eigenvalue weighted by Crippen LogP contribution is 2.47. The summed E-state index contributed by atoms with van der Waals surface area (Å²) in [6, 6.07) is 8.10. The van der Waals surface area contributed by atoms with E-state index in [2.05, 4.69) is 5.32 Å². The fourth-order valence-corrected chi connectivity index (χ4v) is 2.47. The summed E-state index contributed by atoms with van der Waals surface area (Å²) < 4.78 is 87.6. The number of nitrogens with one attached hydrogen (secondary N) is 1. The lowest BCUT2D eigenvalue weighted by Gasteiger charge is -2.26. The van der Waals surface area contributed by atoms with Crippen molar-refractivity contribution in [3.8, 4) is 0 Å². The number of carbonyl (C=O) groups is 1. The molecule has 0 saturated heterocycles. The van der Waals surface area contributed by atoms with E-state index in [1.165, 1.54) is 22.6 Å². The summed E-state index contributed by atoms with van der Waals surface area (Å²) >= 11 is 1.27. The van der Waals surface area contributed by atoms with Crippen LogP contribution in [0.25, 0.3) is 0 Å². The van der Waals surface area contributed by atoms with Crippen molar-refractivity contribution in [3.63, 3.8) is 0 Å². The van der Waals surface area contributed by atoms with Crippen molar-refractivity contribution in [2.75, 3.05) is 6.54 Å². The van der Waals surface area contributed by atoms with Gasteiger partial charge in [0.15, 0.2) is 0 Å². The molecule has 25 heavy (non-hydrogen) atoms. The van der Waals surface area contributed by atoms with Crippen LogP contribution in [0.15, 0.2) is 40.0 Å². The van der Waals surface area contributed by atoms with E-state index in [0.29, 0.717) is 5.56 Å². The quantitative estimate of drug-likeness (QED) is 0.317. The van der Waals surface area contributed by atoms with E-state index in [0.717, 1.165) is 0 Å². The number of allylic oxidation sites excluding steroid dienone is 2. The number of rotatable bonds is 7. The molecular formula is C15H13F7INO. The van der Waals surface area contributed by atoms with Crippen molar-refractivity contribution in [2.45, 2.75) is 30.9 Å². The standard InChI is InChI=1S/C15H13F7INO/c16-13(17,14(18,19)15(20,21)22)9-11(23)7-4-8-24-12(25)10-5-2-1-3-6-10/h1-3,5-6,9H,4,7-8H2,(H,24,25). The Balaban J connectivity index is 2.55. The predicted molar refractivity (Wildman–Crippen MR) is 86.1 cm³/mol. The zero-order chi connectivity index (χ0) is 19.3.